The lowest BCUT2D eigenvalue weighted by Gasteiger charge is -2.14. The average Bonchev–Trinajstić information content (AvgIpc) is 3.22. The molecule has 0 spiro atoms. The van der Waals surface area contributed by atoms with Gasteiger partial charge >= 0.3 is 5.97 Å². The molecule has 0 aliphatic heterocycles. The van der Waals surface area contributed by atoms with Gasteiger partial charge in [0.15, 0.2) is 0 Å². The summed E-state index contributed by atoms with van der Waals surface area (Å²) in [6.45, 7) is 1.96. The van der Waals surface area contributed by atoms with Gasteiger partial charge in [0.1, 0.15) is 23.7 Å². The number of carboxylic acid groups (broad SMARTS) is 1. The van der Waals surface area contributed by atoms with Crippen molar-refractivity contribution in [2.24, 2.45) is 0 Å². The van der Waals surface area contributed by atoms with E-state index in [0.29, 0.717) is 12.1 Å². The van der Waals surface area contributed by atoms with Crippen molar-refractivity contribution < 1.29 is 29.0 Å². The number of hydrogen-bond donors (Lipinski definition) is 3. The molecule has 0 unspecified atom stereocenters. The lowest BCUT2D eigenvalue weighted by molar-refractivity contribution is -0.137. The molecule has 0 saturated heterocycles. The van der Waals surface area contributed by atoms with Crippen molar-refractivity contribution in [2.75, 3.05) is 27.3 Å². The molecule has 192 valence electrons. The SMILES string of the molecule is COc1cc(C)cc(OC)c1CCCCCNC(=O)CNC(=O)c1cc2ccccc2n1CC(=O)O. The number of benzene rings is 2. The third-order valence-corrected chi connectivity index (χ3v) is 5.92. The van der Waals surface area contributed by atoms with E-state index in [2.05, 4.69) is 10.6 Å². The van der Waals surface area contributed by atoms with Gasteiger partial charge in [-0.25, -0.2) is 0 Å². The number of nitrogens with one attached hydrogen (secondary N) is 2. The van der Waals surface area contributed by atoms with Crippen molar-refractivity contribution in [2.45, 2.75) is 39.2 Å². The number of nitrogens with zero attached hydrogens (tertiary/aromatic N) is 1. The fraction of sp³-hybridized carbons (Fsp3) is 0.370. The maximum absolute atomic E-state index is 12.7. The largest absolute Gasteiger partial charge is 0.496 e. The number of amides is 2. The summed E-state index contributed by atoms with van der Waals surface area (Å²) in [7, 11) is 3.30. The number of aliphatic carboxylic acids is 1. The van der Waals surface area contributed by atoms with E-state index in [1.165, 1.54) is 4.57 Å². The monoisotopic (exact) mass is 495 g/mol. The van der Waals surface area contributed by atoms with E-state index in [1.54, 1.807) is 32.4 Å². The first-order chi connectivity index (χ1) is 17.3. The summed E-state index contributed by atoms with van der Waals surface area (Å²) in [5.74, 6) is -0.214. The zero-order valence-corrected chi connectivity index (χ0v) is 20.9. The van der Waals surface area contributed by atoms with E-state index in [1.807, 2.05) is 31.2 Å². The second-order valence-electron chi connectivity index (χ2n) is 8.56. The Bertz CT molecular complexity index is 1210. The molecule has 36 heavy (non-hydrogen) atoms. The number of unbranched alkanes of at least 4 members (excludes halogenated alkanes) is 2. The standard InChI is InChI=1S/C27H33N3O6/c1-18-13-23(35-2)20(24(14-18)36-3)10-5-4-8-12-28-25(31)16-29-27(34)22-15-19-9-6-7-11-21(19)30(22)17-26(32)33/h6-7,9,11,13-15H,4-5,8,10,12,16-17H2,1-3H3,(H,28,31)(H,29,34)(H,32,33). The van der Waals surface area contributed by atoms with Crippen molar-refractivity contribution >= 4 is 28.7 Å². The molecule has 3 N–H and O–H groups in total. The number of rotatable bonds is 13. The summed E-state index contributed by atoms with van der Waals surface area (Å²) in [6, 6.07) is 12.8. The van der Waals surface area contributed by atoms with Crippen LogP contribution in [0.15, 0.2) is 42.5 Å². The minimum absolute atomic E-state index is 0.189. The van der Waals surface area contributed by atoms with Gasteiger partial charge in [0.2, 0.25) is 5.91 Å². The lowest BCUT2D eigenvalue weighted by Crippen LogP contribution is -2.38. The summed E-state index contributed by atoms with van der Waals surface area (Å²) in [5, 5.41) is 15.4. The van der Waals surface area contributed by atoms with Crippen molar-refractivity contribution in [3.05, 3.63) is 59.3 Å². The van der Waals surface area contributed by atoms with Crippen LogP contribution in [0.2, 0.25) is 0 Å². The normalized spacial score (nSPS) is 10.8. The van der Waals surface area contributed by atoms with Crippen LogP contribution in [0.25, 0.3) is 10.9 Å². The number of aryl methyl sites for hydroxylation is 1. The van der Waals surface area contributed by atoms with E-state index < -0.39 is 11.9 Å². The van der Waals surface area contributed by atoms with Crippen LogP contribution in [0.1, 0.15) is 40.9 Å². The molecule has 3 rings (SSSR count). The van der Waals surface area contributed by atoms with Crippen molar-refractivity contribution in [3.8, 4) is 11.5 Å². The predicted molar refractivity (Wildman–Crippen MR) is 137 cm³/mol. The second-order valence-corrected chi connectivity index (χ2v) is 8.56. The fourth-order valence-corrected chi connectivity index (χ4v) is 4.21. The Kier molecular flexibility index (Phi) is 9.32. The zero-order valence-electron chi connectivity index (χ0n) is 20.9. The zero-order chi connectivity index (χ0) is 26.1. The number of carbonyl (C=O) groups is 3. The first kappa shape index (κ1) is 26.6. The van der Waals surface area contributed by atoms with Gasteiger partial charge in [-0.15, -0.1) is 0 Å². The topological polar surface area (TPSA) is 119 Å². The number of hydrogen-bond acceptors (Lipinski definition) is 5. The third kappa shape index (κ3) is 6.78. The molecule has 0 fully saturated rings. The minimum atomic E-state index is -1.05. The van der Waals surface area contributed by atoms with Gasteiger partial charge in [-0.05, 0) is 56.0 Å². The molecule has 9 nitrogen and oxygen atoms in total. The van der Waals surface area contributed by atoms with Crippen LogP contribution in [0, 0.1) is 6.92 Å². The number of carbonyl (C=O) groups excluding carboxylic acids is 2. The number of aromatic nitrogens is 1. The molecule has 0 aliphatic carbocycles. The predicted octanol–water partition coefficient (Wildman–Crippen LogP) is 3.31. The van der Waals surface area contributed by atoms with Crippen molar-refractivity contribution in [1.29, 1.82) is 0 Å². The maximum Gasteiger partial charge on any atom is 0.323 e. The van der Waals surface area contributed by atoms with Gasteiger partial charge in [-0.1, -0.05) is 24.6 Å². The first-order valence-electron chi connectivity index (χ1n) is 11.9. The number of carboxylic acids is 1. The molecule has 0 aliphatic rings. The van der Waals surface area contributed by atoms with Gasteiger partial charge in [-0.2, -0.15) is 0 Å². The van der Waals surface area contributed by atoms with E-state index >= 15 is 0 Å². The van der Waals surface area contributed by atoms with Gasteiger partial charge < -0.3 is 29.8 Å². The van der Waals surface area contributed by atoms with Crippen LogP contribution < -0.4 is 20.1 Å². The van der Waals surface area contributed by atoms with Crippen LogP contribution in [0.4, 0.5) is 0 Å². The Morgan fingerprint density at radius 2 is 1.64 bits per heavy atom. The molecule has 0 radical (unpaired) electrons. The highest BCUT2D eigenvalue weighted by atomic mass is 16.5. The molecule has 0 atom stereocenters. The molecule has 2 aromatic carbocycles. The molecular weight excluding hydrogens is 462 g/mol. The Morgan fingerprint density at radius 1 is 0.944 bits per heavy atom. The van der Waals surface area contributed by atoms with E-state index in [9.17, 15) is 19.5 Å². The summed E-state index contributed by atoms with van der Waals surface area (Å²) in [5.41, 5.74) is 2.96. The summed E-state index contributed by atoms with van der Waals surface area (Å²) in [6.07, 6.45) is 3.42. The Labute approximate surface area is 210 Å². The molecule has 1 aromatic heterocycles. The fourth-order valence-electron chi connectivity index (χ4n) is 4.21. The molecule has 0 bridgehead atoms. The summed E-state index contributed by atoms with van der Waals surface area (Å²) >= 11 is 0. The number of methoxy groups -OCH3 is 2. The second kappa shape index (κ2) is 12.6. The van der Waals surface area contributed by atoms with Gasteiger partial charge in [0.25, 0.3) is 5.91 Å². The van der Waals surface area contributed by atoms with Crippen LogP contribution >= 0.6 is 0 Å². The van der Waals surface area contributed by atoms with E-state index in [-0.39, 0.29) is 24.7 Å². The molecule has 3 aromatic rings. The van der Waals surface area contributed by atoms with E-state index in [0.717, 1.165) is 53.7 Å². The molecule has 9 heteroatoms. The number of ether oxygens (including phenoxy) is 2. The van der Waals surface area contributed by atoms with Gasteiger partial charge in [-0.3, -0.25) is 14.4 Å². The summed E-state index contributed by atoms with van der Waals surface area (Å²) < 4.78 is 12.4. The minimum Gasteiger partial charge on any atom is -0.496 e. The van der Waals surface area contributed by atoms with E-state index in [4.69, 9.17) is 9.47 Å². The number of para-hydroxylation sites is 1. The van der Waals surface area contributed by atoms with Gasteiger partial charge in [0.05, 0.1) is 20.8 Å². The van der Waals surface area contributed by atoms with Crippen LogP contribution in [0.3, 0.4) is 0 Å². The summed E-state index contributed by atoms with van der Waals surface area (Å²) in [4.78, 5) is 36.2. The third-order valence-electron chi connectivity index (χ3n) is 5.92. The number of fused-ring (bicyclic) bond motifs is 1. The molecular formula is C27H33N3O6. The average molecular weight is 496 g/mol. The lowest BCUT2D eigenvalue weighted by atomic mass is 10.0. The Hall–Kier alpha value is -4.01. The highest BCUT2D eigenvalue weighted by Gasteiger charge is 2.18. The first-order valence-corrected chi connectivity index (χ1v) is 11.9. The van der Waals surface area contributed by atoms with Gasteiger partial charge in [0, 0.05) is 23.0 Å². The molecule has 1 heterocycles. The Morgan fingerprint density at radius 3 is 2.31 bits per heavy atom. The highest BCUT2D eigenvalue weighted by molar-refractivity contribution is 6.00. The highest BCUT2D eigenvalue weighted by Crippen LogP contribution is 2.31. The maximum atomic E-state index is 12.7. The Balaban J connectivity index is 1.43. The van der Waals surface area contributed by atoms with Crippen LogP contribution in [-0.2, 0) is 22.6 Å². The molecule has 0 saturated carbocycles. The quantitative estimate of drug-likeness (QED) is 0.313. The van der Waals surface area contributed by atoms with Crippen LogP contribution in [0.5, 0.6) is 11.5 Å². The smallest absolute Gasteiger partial charge is 0.323 e. The van der Waals surface area contributed by atoms with Crippen molar-refractivity contribution in [1.82, 2.24) is 15.2 Å². The molecule has 2 amide bonds. The van der Waals surface area contributed by atoms with Crippen LogP contribution in [-0.4, -0.2) is 54.8 Å². The van der Waals surface area contributed by atoms with Crippen molar-refractivity contribution in [3.63, 3.8) is 0 Å².